The van der Waals surface area contributed by atoms with Gasteiger partial charge in [-0.05, 0) is 0 Å². The Bertz CT molecular complexity index is 197. The molecule has 0 aliphatic heterocycles. The van der Waals surface area contributed by atoms with E-state index in [1.807, 2.05) is 0 Å². The fourth-order valence-electron chi connectivity index (χ4n) is 0.403. The van der Waals surface area contributed by atoms with Crippen molar-refractivity contribution in [2.24, 2.45) is 0 Å². The maximum atomic E-state index is 9.91. The second-order valence-corrected chi connectivity index (χ2v) is 1.98. The first-order valence-corrected chi connectivity index (χ1v) is 3.22. The van der Waals surface area contributed by atoms with E-state index < -0.39 is 11.3 Å². The van der Waals surface area contributed by atoms with Crippen LogP contribution in [0, 0.1) is 0 Å². The summed E-state index contributed by atoms with van der Waals surface area (Å²) in [6, 6.07) is 1.51. The predicted octanol–water partition coefficient (Wildman–Crippen LogP) is -0.384. The highest BCUT2D eigenvalue weighted by Gasteiger charge is 1.86. The van der Waals surface area contributed by atoms with Gasteiger partial charge in [-0.2, -0.15) is 5.10 Å². The monoisotopic (exact) mass is 146 g/mol. The summed E-state index contributed by atoms with van der Waals surface area (Å²) in [7, 11) is 0. The van der Waals surface area contributed by atoms with E-state index in [2.05, 4.69) is 14.9 Å². The molecular formula is C3H4N3O2S-. The van der Waals surface area contributed by atoms with Crippen molar-refractivity contribution < 1.29 is 8.76 Å². The third kappa shape index (κ3) is 1.82. The van der Waals surface area contributed by atoms with Crippen LogP contribution < -0.4 is 4.72 Å². The molecule has 0 spiro atoms. The first kappa shape index (κ1) is 6.24. The summed E-state index contributed by atoms with van der Waals surface area (Å²) < 4.78 is 21.9. The lowest BCUT2D eigenvalue weighted by Gasteiger charge is -2.03. The van der Waals surface area contributed by atoms with Gasteiger partial charge in [0.1, 0.15) is 5.82 Å². The molecule has 0 aliphatic rings. The second-order valence-electron chi connectivity index (χ2n) is 1.31. The molecule has 0 aromatic carbocycles. The summed E-state index contributed by atoms with van der Waals surface area (Å²) in [5.41, 5.74) is 0. The molecule has 0 saturated heterocycles. The lowest BCUT2D eigenvalue weighted by atomic mass is 10.7. The Morgan fingerprint density at radius 1 is 1.89 bits per heavy atom. The summed E-state index contributed by atoms with van der Waals surface area (Å²) in [4.78, 5) is 0. The number of hydrogen-bond acceptors (Lipinski definition) is 3. The first-order chi connectivity index (χ1) is 4.29. The Morgan fingerprint density at radius 3 is 3.11 bits per heavy atom. The van der Waals surface area contributed by atoms with E-state index in [4.69, 9.17) is 0 Å². The van der Waals surface area contributed by atoms with Crippen LogP contribution in [-0.2, 0) is 11.3 Å². The summed E-state index contributed by atoms with van der Waals surface area (Å²) >= 11 is -2.27. The van der Waals surface area contributed by atoms with E-state index in [0.29, 0.717) is 5.82 Å². The Kier molecular flexibility index (Phi) is 1.81. The average Bonchev–Trinajstić information content (AvgIpc) is 2.15. The molecule has 9 heavy (non-hydrogen) atoms. The predicted molar refractivity (Wildman–Crippen MR) is 31.1 cm³/mol. The molecule has 5 nitrogen and oxygen atoms in total. The number of H-pyrrole nitrogens is 1. The highest BCUT2D eigenvalue weighted by molar-refractivity contribution is 7.80. The lowest BCUT2D eigenvalue weighted by Crippen LogP contribution is -2.01. The third-order valence-corrected chi connectivity index (χ3v) is 1.08. The summed E-state index contributed by atoms with van der Waals surface area (Å²) in [6.45, 7) is 0. The van der Waals surface area contributed by atoms with Crippen LogP contribution >= 0.6 is 0 Å². The van der Waals surface area contributed by atoms with Gasteiger partial charge in [0.15, 0.2) is 0 Å². The standard InChI is InChI=1S/C3H5N3O2S/c7-9(8)6-3-1-2-4-5-3/h1-2H,(H,7,8)(H2,4,5,6)/p-1. The number of nitrogens with one attached hydrogen (secondary N) is 2. The first-order valence-electron chi connectivity index (χ1n) is 2.14. The van der Waals surface area contributed by atoms with Gasteiger partial charge in [0.2, 0.25) is 0 Å². The lowest BCUT2D eigenvalue weighted by molar-refractivity contribution is 0.542. The van der Waals surface area contributed by atoms with E-state index in [0.717, 1.165) is 0 Å². The number of anilines is 1. The van der Waals surface area contributed by atoms with Crippen molar-refractivity contribution in [2.75, 3.05) is 4.72 Å². The van der Waals surface area contributed by atoms with Crippen molar-refractivity contribution in [3.05, 3.63) is 12.3 Å². The molecular weight excluding hydrogens is 142 g/mol. The van der Waals surface area contributed by atoms with Gasteiger partial charge in [-0.15, -0.1) is 0 Å². The largest absolute Gasteiger partial charge is 0.755 e. The maximum Gasteiger partial charge on any atom is 0.132 e. The van der Waals surface area contributed by atoms with E-state index in [1.54, 1.807) is 0 Å². The Balaban J connectivity index is 2.58. The van der Waals surface area contributed by atoms with Crippen LogP contribution in [0.2, 0.25) is 0 Å². The van der Waals surface area contributed by atoms with Gasteiger partial charge in [-0.25, -0.2) is 0 Å². The van der Waals surface area contributed by atoms with Crippen LogP contribution in [0.1, 0.15) is 0 Å². The number of nitrogens with zero attached hydrogens (tertiary/aromatic N) is 1. The number of aromatic amines is 1. The van der Waals surface area contributed by atoms with Crippen molar-refractivity contribution >= 4 is 17.1 Å². The molecule has 1 heterocycles. The minimum absolute atomic E-state index is 0.364. The molecule has 6 heteroatoms. The van der Waals surface area contributed by atoms with Gasteiger partial charge in [-0.3, -0.25) is 9.31 Å². The molecule has 1 rings (SSSR count). The molecule has 0 aliphatic carbocycles. The van der Waals surface area contributed by atoms with Crippen molar-refractivity contribution in [3.8, 4) is 0 Å². The zero-order valence-electron chi connectivity index (χ0n) is 4.33. The SMILES string of the molecule is O=S([O-])Nc1ccn[nH]1. The molecule has 2 N–H and O–H groups in total. The molecule has 0 amide bonds. The van der Waals surface area contributed by atoms with Crippen LogP contribution in [0.3, 0.4) is 0 Å². The smallest absolute Gasteiger partial charge is 0.132 e. The zero-order chi connectivity index (χ0) is 6.69. The van der Waals surface area contributed by atoms with Crippen LogP contribution in [-0.4, -0.2) is 19.0 Å². The number of rotatable bonds is 2. The Hall–Kier alpha value is -0.880. The minimum atomic E-state index is -2.27. The van der Waals surface area contributed by atoms with Gasteiger partial charge in [0.05, 0.1) is 6.20 Å². The van der Waals surface area contributed by atoms with E-state index in [1.165, 1.54) is 12.3 Å². The topological polar surface area (TPSA) is 80.8 Å². The molecule has 50 valence electrons. The molecule has 1 unspecified atom stereocenters. The highest BCUT2D eigenvalue weighted by atomic mass is 32.2. The molecule has 0 bridgehead atoms. The van der Waals surface area contributed by atoms with Crippen molar-refractivity contribution in [2.45, 2.75) is 0 Å². The summed E-state index contributed by atoms with van der Waals surface area (Å²) in [5, 5.41) is 5.93. The van der Waals surface area contributed by atoms with E-state index in [9.17, 15) is 8.76 Å². The van der Waals surface area contributed by atoms with Gasteiger partial charge < -0.3 is 9.27 Å². The Labute approximate surface area is 53.9 Å². The van der Waals surface area contributed by atoms with Gasteiger partial charge in [-0.1, -0.05) is 0 Å². The quantitative estimate of drug-likeness (QED) is 0.558. The van der Waals surface area contributed by atoms with Crippen LogP contribution in [0.4, 0.5) is 5.82 Å². The van der Waals surface area contributed by atoms with Crippen molar-refractivity contribution in [3.63, 3.8) is 0 Å². The minimum Gasteiger partial charge on any atom is -0.755 e. The maximum absolute atomic E-state index is 9.91. The van der Waals surface area contributed by atoms with Gasteiger partial charge in [0, 0.05) is 17.3 Å². The van der Waals surface area contributed by atoms with Crippen LogP contribution in [0.25, 0.3) is 0 Å². The second kappa shape index (κ2) is 2.60. The Morgan fingerprint density at radius 2 is 2.67 bits per heavy atom. The normalized spacial score (nSPS) is 13.0. The van der Waals surface area contributed by atoms with Crippen molar-refractivity contribution in [1.29, 1.82) is 0 Å². The van der Waals surface area contributed by atoms with Gasteiger partial charge in [0.25, 0.3) is 0 Å². The van der Waals surface area contributed by atoms with Crippen LogP contribution in [0.15, 0.2) is 12.3 Å². The molecule has 0 radical (unpaired) electrons. The fourth-order valence-corrected chi connectivity index (χ4v) is 0.696. The van der Waals surface area contributed by atoms with Gasteiger partial charge >= 0.3 is 0 Å². The number of aromatic nitrogens is 2. The van der Waals surface area contributed by atoms with Crippen LogP contribution in [0.5, 0.6) is 0 Å². The fraction of sp³-hybridized carbons (Fsp3) is 0. The molecule has 1 aromatic heterocycles. The zero-order valence-corrected chi connectivity index (χ0v) is 5.14. The molecule has 0 saturated carbocycles. The summed E-state index contributed by atoms with van der Waals surface area (Å²) in [5.74, 6) is 0.364. The van der Waals surface area contributed by atoms with E-state index in [-0.39, 0.29) is 0 Å². The molecule has 0 fully saturated rings. The molecule has 1 aromatic rings. The third-order valence-electron chi connectivity index (χ3n) is 0.694. The average molecular weight is 146 g/mol. The highest BCUT2D eigenvalue weighted by Crippen LogP contribution is 1.97. The number of hydrogen-bond donors (Lipinski definition) is 2. The molecule has 1 atom stereocenters. The van der Waals surface area contributed by atoms with E-state index >= 15 is 0 Å². The van der Waals surface area contributed by atoms with Crippen molar-refractivity contribution in [1.82, 2.24) is 10.2 Å². The summed E-state index contributed by atoms with van der Waals surface area (Å²) in [6.07, 6.45) is 1.45.